The third-order valence-electron chi connectivity index (χ3n) is 7.33. The van der Waals surface area contributed by atoms with E-state index in [9.17, 15) is 58.8 Å². The number of nitrogens with two attached hydrogens (primary N) is 1. The number of carboxylic acids is 4. The summed E-state index contributed by atoms with van der Waals surface area (Å²) in [6.07, 6.45) is -0.876. The fourth-order valence-electron chi connectivity index (χ4n) is 4.75. The number of rotatable bonds is 19. The van der Waals surface area contributed by atoms with Crippen LogP contribution in [0, 0.1) is 0 Å². The molecule has 0 saturated carbocycles. The number of carboxylic acid groups (broad SMARTS) is 4. The third-order valence-corrected chi connectivity index (χ3v) is 7.33. The third kappa shape index (κ3) is 17.4. The number of fused-ring (bicyclic) bond motifs is 1. The van der Waals surface area contributed by atoms with E-state index in [2.05, 4.69) is 25.6 Å². The maximum atomic E-state index is 12.7. The van der Waals surface area contributed by atoms with Crippen molar-refractivity contribution in [2.45, 2.75) is 69.5 Å². The van der Waals surface area contributed by atoms with Gasteiger partial charge in [-0.3, -0.25) is 24.2 Å². The van der Waals surface area contributed by atoms with Gasteiger partial charge in [-0.15, -0.1) is 0 Å². The maximum absolute atomic E-state index is 12.7. The van der Waals surface area contributed by atoms with Crippen LogP contribution in [0.15, 0.2) is 35.3 Å². The molecule has 0 bridgehead atoms. The smallest absolute Gasteiger partial charge is 0.550 e. The van der Waals surface area contributed by atoms with Gasteiger partial charge in [0.25, 0.3) is 11.5 Å². The van der Waals surface area contributed by atoms with Crippen molar-refractivity contribution < 1.29 is 172 Å². The Morgan fingerprint density at radius 1 is 0.698 bits per heavy atom. The molecule has 0 aliphatic heterocycles. The summed E-state index contributed by atoms with van der Waals surface area (Å²) in [5.41, 5.74) is 7.12. The Kier molecular flexibility index (Phi) is 25.7. The Morgan fingerprint density at radius 3 is 1.64 bits per heavy atom. The number of carbonyl (C=O) groups excluding carboxylic acids is 7. The summed E-state index contributed by atoms with van der Waals surface area (Å²) in [5.74, 6) is -9.58. The van der Waals surface area contributed by atoms with Crippen LogP contribution in [0.3, 0.4) is 0 Å². The Balaban J connectivity index is 0. The molecule has 262 valence electrons. The fourth-order valence-corrected chi connectivity index (χ4v) is 4.75. The van der Waals surface area contributed by atoms with Gasteiger partial charge in [-0.05, 0) is 61.8 Å². The van der Waals surface area contributed by atoms with Gasteiger partial charge >= 0.3 is 118 Å². The van der Waals surface area contributed by atoms with Gasteiger partial charge in [0.1, 0.15) is 5.65 Å². The molecular weight excluding hydrogens is 742 g/mol. The molecule has 0 saturated heterocycles. The van der Waals surface area contributed by atoms with Crippen LogP contribution in [0.1, 0.15) is 60.0 Å². The number of aliphatic carboxylic acids is 4. The summed E-state index contributed by atoms with van der Waals surface area (Å²) < 4.78 is 0. The largest absolute Gasteiger partial charge is 1.00 e. The van der Waals surface area contributed by atoms with Crippen molar-refractivity contribution in [2.24, 2.45) is 0 Å². The van der Waals surface area contributed by atoms with Crippen molar-refractivity contribution in [1.29, 1.82) is 0 Å². The Bertz CT molecular complexity index is 1800. The van der Waals surface area contributed by atoms with Crippen molar-refractivity contribution in [1.82, 2.24) is 30.9 Å². The molecule has 19 nitrogen and oxygen atoms in total. The van der Waals surface area contributed by atoms with E-state index in [1.54, 1.807) is 18.3 Å². The van der Waals surface area contributed by atoms with E-state index < -0.39 is 98.2 Å². The van der Waals surface area contributed by atoms with Gasteiger partial charge in [0.15, 0.2) is 0 Å². The minimum atomic E-state index is -1.79. The van der Waals surface area contributed by atoms with Crippen molar-refractivity contribution in [2.75, 3.05) is 5.73 Å². The first-order valence-corrected chi connectivity index (χ1v) is 14.8. The van der Waals surface area contributed by atoms with Gasteiger partial charge in [0.05, 0.1) is 41.4 Å². The van der Waals surface area contributed by atoms with Crippen molar-refractivity contribution in [3.63, 3.8) is 0 Å². The molecule has 0 fully saturated rings. The molecule has 53 heavy (non-hydrogen) atoms. The molecule has 0 unspecified atom stereocenters. The normalized spacial score (nSPS) is 11.8. The number of nitrogen functional groups attached to an aromatic ring is 1. The molecule has 3 rings (SSSR count). The first-order valence-electron chi connectivity index (χ1n) is 14.8. The predicted molar refractivity (Wildman–Crippen MR) is 158 cm³/mol. The number of carbonyl (C=O) groups is 7. The van der Waals surface area contributed by atoms with E-state index in [0.717, 1.165) is 5.56 Å². The zero-order valence-electron chi connectivity index (χ0n) is 29.7. The van der Waals surface area contributed by atoms with Crippen LogP contribution in [0.2, 0.25) is 0 Å². The topological polar surface area (TPSA) is 335 Å². The Hall–Kier alpha value is -2.27. The summed E-state index contributed by atoms with van der Waals surface area (Å²) >= 11 is 0. The zero-order valence-corrected chi connectivity index (χ0v) is 37.7. The van der Waals surface area contributed by atoms with Gasteiger partial charge in [0.2, 0.25) is 17.8 Å². The average molecular weight is 774 g/mol. The number of hydrogen-bond donors (Lipinski definition) is 6. The van der Waals surface area contributed by atoms with Crippen molar-refractivity contribution >= 4 is 58.6 Å². The molecule has 2 heterocycles. The fraction of sp³-hybridized carbons (Fsp3) is 0.367. The number of aromatic amines is 2. The minimum absolute atomic E-state index is 0. The van der Waals surface area contributed by atoms with Gasteiger partial charge in [-0.2, -0.15) is 4.98 Å². The van der Waals surface area contributed by atoms with Crippen LogP contribution < -0.4 is 166 Å². The van der Waals surface area contributed by atoms with Gasteiger partial charge < -0.3 is 66.3 Å². The number of amides is 3. The summed E-state index contributed by atoms with van der Waals surface area (Å²) in [6, 6.07) is 1.12. The van der Waals surface area contributed by atoms with E-state index in [1.165, 1.54) is 12.1 Å². The molecule has 0 aliphatic rings. The summed E-state index contributed by atoms with van der Waals surface area (Å²) in [4.78, 5) is 104. The standard InChI is InChI=1S/C30H35N7O12.4Na/c31-30-36-24-23(26(43)37-30)16(13-32-24)6-3-14-1-4-15(5-2-14)25(42)35-19(29(48)49)8-11-21(39)33-17(27(44)45)7-10-20(38)34-18(28(46)47)9-12-22(40)41;;;;/h1-2,4-5,13,17-19H,3,6-12H2,(H,33,39)(H,34,38)(H,35,42)(H,40,41)(H,44,45)(H,46,47)(H,48,49)(H4,31,32,36,37,43);;;;/q;4*+1/p-4/t17-,18-,19-;;;;/m0..../s1. The predicted octanol–water partition coefficient (Wildman–Crippen LogP) is -18.0. The molecule has 7 N–H and O–H groups in total. The summed E-state index contributed by atoms with van der Waals surface area (Å²) in [6.45, 7) is 0. The van der Waals surface area contributed by atoms with E-state index in [0.29, 0.717) is 29.4 Å². The quantitative estimate of drug-likeness (QED) is 0.0617. The number of hydrogen-bond acceptors (Lipinski definition) is 14. The van der Waals surface area contributed by atoms with Crippen LogP contribution in [-0.4, -0.2) is 74.7 Å². The van der Waals surface area contributed by atoms with Crippen LogP contribution >= 0.6 is 0 Å². The Labute approximate surface area is 389 Å². The van der Waals surface area contributed by atoms with Gasteiger partial charge in [-0.25, -0.2) is 0 Å². The molecular formula is C30H31N7Na4O12. The maximum Gasteiger partial charge on any atom is 1.00 e. The van der Waals surface area contributed by atoms with Crippen LogP contribution in [0.5, 0.6) is 0 Å². The number of nitrogens with one attached hydrogen (secondary N) is 5. The molecule has 0 radical (unpaired) electrons. The summed E-state index contributed by atoms with van der Waals surface area (Å²) in [7, 11) is 0. The number of H-pyrrole nitrogens is 2. The van der Waals surface area contributed by atoms with E-state index in [1.807, 2.05) is 5.32 Å². The first kappa shape index (κ1) is 52.8. The zero-order chi connectivity index (χ0) is 36.2. The number of anilines is 1. The molecule has 0 aliphatic carbocycles. The van der Waals surface area contributed by atoms with Crippen molar-refractivity contribution in [3.05, 3.63) is 57.5 Å². The minimum Gasteiger partial charge on any atom is -0.550 e. The first-order chi connectivity index (χ1) is 23.1. The molecule has 23 heteroatoms. The monoisotopic (exact) mass is 773 g/mol. The Morgan fingerprint density at radius 2 is 1.17 bits per heavy atom. The second-order valence-electron chi connectivity index (χ2n) is 10.9. The van der Waals surface area contributed by atoms with Gasteiger partial charge in [0, 0.05) is 30.6 Å². The SMILES string of the molecule is Nc1nc2[nH]cc(CCc3ccc(C(=O)N[C@@H](CCC(=O)N[C@@H](CCC(=O)N[C@@H](CCC(=O)[O-])C(=O)[O-])C(=O)[O-])C(=O)[O-])cc3)c2c(=O)[nH]1.[Na+].[Na+].[Na+].[Na+]. The molecule has 3 atom stereocenters. The summed E-state index contributed by atoms with van der Waals surface area (Å²) in [5, 5.41) is 51.5. The molecule has 0 spiro atoms. The molecule has 3 aromatic rings. The van der Waals surface area contributed by atoms with Crippen LogP contribution in [0.25, 0.3) is 11.0 Å². The molecule has 3 amide bonds. The average Bonchev–Trinajstić information content (AvgIpc) is 3.44. The number of aryl methyl sites for hydroxylation is 2. The number of nitrogens with zero attached hydrogens (tertiary/aromatic N) is 1. The molecule has 2 aromatic heterocycles. The van der Waals surface area contributed by atoms with E-state index >= 15 is 0 Å². The number of aromatic nitrogens is 3. The van der Waals surface area contributed by atoms with Crippen molar-refractivity contribution in [3.8, 4) is 0 Å². The molecule has 1 aromatic carbocycles. The second-order valence-corrected chi connectivity index (χ2v) is 10.9. The van der Waals surface area contributed by atoms with E-state index in [4.69, 9.17) is 5.73 Å². The van der Waals surface area contributed by atoms with Crippen LogP contribution in [0.4, 0.5) is 5.95 Å². The van der Waals surface area contributed by atoms with E-state index in [-0.39, 0.29) is 135 Å². The second kappa shape index (κ2) is 25.7. The van der Waals surface area contributed by atoms with Crippen LogP contribution in [-0.2, 0) is 41.6 Å². The van der Waals surface area contributed by atoms with Gasteiger partial charge in [-0.1, -0.05) is 12.1 Å². The number of benzene rings is 1.